The molecule has 0 fully saturated rings. The number of hydrogen-bond acceptors (Lipinski definition) is 1. The van der Waals surface area contributed by atoms with Crippen LogP contribution in [0.2, 0.25) is 0 Å². The number of quaternary nitrogens is 1. The zero-order valence-electron chi connectivity index (χ0n) is 10.2. The summed E-state index contributed by atoms with van der Waals surface area (Å²) in [6.07, 6.45) is 8.06. The summed E-state index contributed by atoms with van der Waals surface area (Å²) in [5.74, 6) is 0. The lowest BCUT2D eigenvalue weighted by Crippen LogP contribution is -3.00. The first-order chi connectivity index (χ1) is 8.45. The Kier molecular flexibility index (Phi) is 6.77. The van der Waals surface area contributed by atoms with Crippen LogP contribution in [0.4, 0.5) is 0 Å². The quantitative estimate of drug-likeness (QED) is 0.677. The number of pyridine rings is 1. The van der Waals surface area contributed by atoms with E-state index in [0.29, 0.717) is 0 Å². The Morgan fingerprint density at radius 1 is 1.06 bits per heavy atom. The van der Waals surface area contributed by atoms with E-state index in [1.54, 1.807) is 6.20 Å². The van der Waals surface area contributed by atoms with Gasteiger partial charge in [-0.15, -0.1) is 0 Å². The fourth-order valence-corrected chi connectivity index (χ4v) is 1.63. The van der Waals surface area contributed by atoms with E-state index in [4.69, 9.17) is 0 Å². The number of aromatic nitrogens is 1. The van der Waals surface area contributed by atoms with Gasteiger partial charge in [-0.1, -0.05) is 42.5 Å². The molecule has 2 aromatic rings. The van der Waals surface area contributed by atoms with Crippen molar-refractivity contribution in [2.75, 3.05) is 6.54 Å². The van der Waals surface area contributed by atoms with Crippen molar-refractivity contribution in [3.63, 3.8) is 0 Å². The number of rotatable bonds is 5. The highest BCUT2D eigenvalue weighted by Crippen LogP contribution is 1.99. The molecule has 0 aliphatic rings. The number of hydrogen-bond donors (Lipinski definition) is 1. The topological polar surface area (TPSA) is 29.5 Å². The Bertz CT molecular complexity index is 454. The summed E-state index contributed by atoms with van der Waals surface area (Å²) in [5.41, 5.74) is 2.52. The first kappa shape index (κ1) is 14.4. The average molecular weight is 261 g/mol. The standard InChI is InChI=1S/C15H16N2.ClH/c1-2-6-14(7-3-1)8-4-10-16-12-15-9-5-11-17-13-15;/h1-9,11,13,16H,10,12H2;1H/b8-4+;. The number of nitrogens with zero attached hydrogens (tertiary/aromatic N) is 1. The van der Waals surface area contributed by atoms with E-state index in [1.807, 2.05) is 18.3 Å². The van der Waals surface area contributed by atoms with Gasteiger partial charge in [0.25, 0.3) is 0 Å². The van der Waals surface area contributed by atoms with Crippen LogP contribution in [0.25, 0.3) is 6.08 Å². The van der Waals surface area contributed by atoms with Crippen molar-refractivity contribution in [2.45, 2.75) is 6.54 Å². The Morgan fingerprint density at radius 2 is 1.89 bits per heavy atom. The van der Waals surface area contributed by atoms with Gasteiger partial charge in [-0.25, -0.2) is 0 Å². The van der Waals surface area contributed by atoms with Crippen LogP contribution in [-0.4, -0.2) is 11.5 Å². The lowest BCUT2D eigenvalue weighted by atomic mass is 10.2. The molecule has 2 rings (SSSR count). The van der Waals surface area contributed by atoms with Gasteiger partial charge in [-0.3, -0.25) is 4.98 Å². The summed E-state index contributed by atoms with van der Waals surface area (Å²) >= 11 is 0. The maximum atomic E-state index is 4.09. The molecule has 0 atom stereocenters. The number of benzene rings is 1. The fraction of sp³-hybridized carbons (Fsp3) is 0.133. The van der Waals surface area contributed by atoms with Gasteiger partial charge in [0.2, 0.25) is 0 Å². The van der Waals surface area contributed by atoms with Crippen LogP contribution >= 0.6 is 0 Å². The van der Waals surface area contributed by atoms with Gasteiger partial charge in [0.15, 0.2) is 0 Å². The number of nitrogens with two attached hydrogens (primary N) is 1. The normalized spacial score (nSPS) is 10.2. The van der Waals surface area contributed by atoms with Crippen molar-refractivity contribution < 1.29 is 17.7 Å². The summed E-state index contributed by atoms with van der Waals surface area (Å²) in [5, 5.41) is 2.26. The fourth-order valence-electron chi connectivity index (χ4n) is 1.63. The van der Waals surface area contributed by atoms with E-state index < -0.39 is 0 Å². The summed E-state index contributed by atoms with van der Waals surface area (Å²) in [4.78, 5) is 4.09. The first-order valence-corrected chi connectivity index (χ1v) is 5.87. The molecule has 0 radical (unpaired) electrons. The second-order valence-corrected chi connectivity index (χ2v) is 3.90. The van der Waals surface area contributed by atoms with E-state index in [9.17, 15) is 0 Å². The highest BCUT2D eigenvalue weighted by atomic mass is 35.5. The lowest BCUT2D eigenvalue weighted by Gasteiger charge is -1.97. The third kappa shape index (κ3) is 5.13. The van der Waals surface area contributed by atoms with Crippen molar-refractivity contribution in [1.82, 2.24) is 4.98 Å². The molecular formula is C15H17ClN2. The van der Waals surface area contributed by atoms with Gasteiger partial charge >= 0.3 is 0 Å². The van der Waals surface area contributed by atoms with Crippen LogP contribution in [0.15, 0.2) is 60.9 Å². The molecular weight excluding hydrogens is 244 g/mol. The Hall–Kier alpha value is -1.64. The first-order valence-electron chi connectivity index (χ1n) is 5.87. The SMILES string of the molecule is C(=C\c1ccccc1)/C[NH2+]Cc1cccnc1.[Cl-]. The third-order valence-corrected chi connectivity index (χ3v) is 2.52. The maximum absolute atomic E-state index is 4.09. The van der Waals surface area contributed by atoms with Crippen molar-refractivity contribution in [3.8, 4) is 0 Å². The highest BCUT2D eigenvalue weighted by molar-refractivity contribution is 5.48. The van der Waals surface area contributed by atoms with Gasteiger partial charge in [0.05, 0.1) is 6.54 Å². The number of halogens is 1. The monoisotopic (exact) mass is 260 g/mol. The van der Waals surface area contributed by atoms with Crippen LogP contribution in [0.1, 0.15) is 11.1 Å². The molecule has 0 aliphatic heterocycles. The lowest BCUT2D eigenvalue weighted by molar-refractivity contribution is -0.661. The average Bonchev–Trinajstić information content (AvgIpc) is 2.41. The molecule has 1 heterocycles. The molecule has 18 heavy (non-hydrogen) atoms. The zero-order chi connectivity index (χ0) is 11.8. The Labute approximate surface area is 114 Å². The molecule has 2 N–H and O–H groups in total. The Balaban J connectivity index is 0.00000162. The van der Waals surface area contributed by atoms with E-state index in [0.717, 1.165) is 13.1 Å². The molecule has 94 valence electrons. The molecule has 3 heteroatoms. The van der Waals surface area contributed by atoms with E-state index in [-0.39, 0.29) is 12.4 Å². The molecule has 1 aromatic carbocycles. The molecule has 2 nitrogen and oxygen atoms in total. The third-order valence-electron chi connectivity index (χ3n) is 2.52. The molecule has 0 saturated carbocycles. The van der Waals surface area contributed by atoms with Gasteiger partial charge in [0, 0.05) is 18.0 Å². The van der Waals surface area contributed by atoms with Gasteiger partial charge in [0.1, 0.15) is 6.54 Å². The molecule has 0 spiro atoms. The minimum atomic E-state index is 0. The minimum absolute atomic E-state index is 0. The van der Waals surface area contributed by atoms with Gasteiger partial charge < -0.3 is 17.7 Å². The van der Waals surface area contributed by atoms with Crippen LogP contribution < -0.4 is 17.7 Å². The Morgan fingerprint density at radius 3 is 2.61 bits per heavy atom. The predicted octanol–water partition coefficient (Wildman–Crippen LogP) is -1.14. The molecule has 0 unspecified atom stereocenters. The van der Waals surface area contributed by atoms with Crippen molar-refractivity contribution >= 4 is 6.08 Å². The van der Waals surface area contributed by atoms with Gasteiger partial charge in [-0.05, 0) is 17.7 Å². The molecule has 0 saturated heterocycles. The van der Waals surface area contributed by atoms with Crippen molar-refractivity contribution in [2.24, 2.45) is 0 Å². The summed E-state index contributed by atoms with van der Waals surface area (Å²) < 4.78 is 0. The zero-order valence-corrected chi connectivity index (χ0v) is 10.9. The van der Waals surface area contributed by atoms with Crippen LogP contribution in [0.5, 0.6) is 0 Å². The maximum Gasteiger partial charge on any atom is 0.103 e. The van der Waals surface area contributed by atoms with Crippen molar-refractivity contribution in [3.05, 3.63) is 72.1 Å². The molecule has 0 amide bonds. The summed E-state index contributed by atoms with van der Waals surface area (Å²) in [7, 11) is 0. The van der Waals surface area contributed by atoms with E-state index in [1.165, 1.54) is 11.1 Å². The predicted molar refractivity (Wildman–Crippen MR) is 70.2 cm³/mol. The second kappa shape index (κ2) is 8.45. The van der Waals surface area contributed by atoms with Crippen LogP contribution in [-0.2, 0) is 6.54 Å². The van der Waals surface area contributed by atoms with Gasteiger partial charge in [-0.2, -0.15) is 0 Å². The van der Waals surface area contributed by atoms with Crippen LogP contribution in [0, 0.1) is 0 Å². The molecule has 1 aromatic heterocycles. The molecule has 0 aliphatic carbocycles. The van der Waals surface area contributed by atoms with E-state index in [2.05, 4.69) is 52.8 Å². The highest BCUT2D eigenvalue weighted by Gasteiger charge is 1.92. The summed E-state index contributed by atoms with van der Waals surface area (Å²) in [6.45, 7) is 1.97. The second-order valence-electron chi connectivity index (χ2n) is 3.90. The largest absolute Gasteiger partial charge is 1.00 e. The van der Waals surface area contributed by atoms with E-state index >= 15 is 0 Å². The van der Waals surface area contributed by atoms with Crippen molar-refractivity contribution in [1.29, 1.82) is 0 Å². The van der Waals surface area contributed by atoms with Crippen LogP contribution in [0.3, 0.4) is 0 Å². The smallest absolute Gasteiger partial charge is 0.103 e. The summed E-state index contributed by atoms with van der Waals surface area (Å²) in [6, 6.07) is 14.4. The minimum Gasteiger partial charge on any atom is -1.00 e. The molecule has 0 bridgehead atoms.